The van der Waals surface area contributed by atoms with Crippen LogP contribution in [0.15, 0.2) is 23.1 Å². The molecule has 0 aromatic heterocycles. The SMILES string of the molecule is OC(CSc1ccc(Cl)c(F)c1)C1(O)CCOC1. The maximum Gasteiger partial charge on any atom is 0.142 e. The molecule has 1 aliphatic rings. The molecule has 0 aliphatic carbocycles. The van der Waals surface area contributed by atoms with E-state index in [0.29, 0.717) is 17.9 Å². The molecule has 0 spiro atoms. The number of aliphatic hydroxyl groups is 2. The Kier molecular flexibility index (Phi) is 4.50. The highest BCUT2D eigenvalue weighted by Crippen LogP contribution is 2.29. The molecule has 0 amide bonds. The molecule has 100 valence electrons. The van der Waals surface area contributed by atoms with Gasteiger partial charge in [0.25, 0.3) is 0 Å². The van der Waals surface area contributed by atoms with Gasteiger partial charge in [-0.2, -0.15) is 0 Å². The van der Waals surface area contributed by atoms with Crippen LogP contribution in [-0.2, 0) is 4.74 Å². The van der Waals surface area contributed by atoms with E-state index < -0.39 is 17.5 Å². The van der Waals surface area contributed by atoms with Crippen molar-refractivity contribution in [3.05, 3.63) is 29.0 Å². The smallest absolute Gasteiger partial charge is 0.142 e. The van der Waals surface area contributed by atoms with Crippen molar-refractivity contribution in [3.63, 3.8) is 0 Å². The molecule has 1 saturated heterocycles. The van der Waals surface area contributed by atoms with E-state index in [-0.39, 0.29) is 17.4 Å². The van der Waals surface area contributed by atoms with Crippen molar-refractivity contribution in [1.29, 1.82) is 0 Å². The van der Waals surface area contributed by atoms with Gasteiger partial charge < -0.3 is 14.9 Å². The molecule has 3 nitrogen and oxygen atoms in total. The number of benzene rings is 1. The lowest BCUT2D eigenvalue weighted by atomic mass is 9.97. The molecule has 0 radical (unpaired) electrons. The largest absolute Gasteiger partial charge is 0.389 e. The summed E-state index contributed by atoms with van der Waals surface area (Å²) in [6.07, 6.45) is -0.479. The van der Waals surface area contributed by atoms with Crippen LogP contribution >= 0.6 is 23.4 Å². The second-order valence-electron chi connectivity index (χ2n) is 4.31. The van der Waals surface area contributed by atoms with Gasteiger partial charge in [-0.1, -0.05) is 11.6 Å². The second-order valence-corrected chi connectivity index (χ2v) is 5.81. The van der Waals surface area contributed by atoms with Crippen molar-refractivity contribution < 1.29 is 19.3 Å². The van der Waals surface area contributed by atoms with Gasteiger partial charge in [0.05, 0.1) is 17.7 Å². The molecule has 1 heterocycles. The summed E-state index contributed by atoms with van der Waals surface area (Å²) < 4.78 is 18.3. The van der Waals surface area contributed by atoms with E-state index in [9.17, 15) is 14.6 Å². The van der Waals surface area contributed by atoms with Crippen molar-refractivity contribution in [2.45, 2.75) is 23.0 Å². The Bertz CT molecular complexity index is 424. The standard InChI is InChI=1S/C12H14ClFO3S/c13-9-2-1-8(5-10(9)14)18-6-11(15)12(16)3-4-17-7-12/h1-2,5,11,15-16H,3-4,6-7H2. The Balaban J connectivity index is 1.92. The van der Waals surface area contributed by atoms with Crippen LogP contribution in [-0.4, -0.2) is 40.9 Å². The van der Waals surface area contributed by atoms with Crippen LogP contribution in [0.1, 0.15) is 6.42 Å². The van der Waals surface area contributed by atoms with Crippen LogP contribution in [0.25, 0.3) is 0 Å². The van der Waals surface area contributed by atoms with Gasteiger partial charge in [-0.05, 0) is 18.2 Å². The number of aliphatic hydroxyl groups excluding tert-OH is 1. The van der Waals surface area contributed by atoms with Crippen LogP contribution in [0, 0.1) is 5.82 Å². The molecule has 1 aromatic rings. The molecule has 6 heteroatoms. The lowest BCUT2D eigenvalue weighted by molar-refractivity contribution is -0.0653. The molecule has 1 aliphatic heterocycles. The van der Waals surface area contributed by atoms with Gasteiger partial charge in [0.2, 0.25) is 0 Å². The summed E-state index contributed by atoms with van der Waals surface area (Å²) in [5.74, 6) is -0.208. The number of ether oxygens (including phenoxy) is 1. The second kappa shape index (κ2) is 5.75. The molecule has 0 saturated carbocycles. The summed E-state index contributed by atoms with van der Waals surface area (Å²) >= 11 is 6.85. The molecule has 1 aromatic carbocycles. The van der Waals surface area contributed by atoms with Gasteiger partial charge in [-0.15, -0.1) is 11.8 Å². The molecule has 2 rings (SSSR count). The first kappa shape index (κ1) is 14.1. The fourth-order valence-corrected chi connectivity index (χ4v) is 2.86. The highest BCUT2D eigenvalue weighted by atomic mass is 35.5. The third-order valence-electron chi connectivity index (χ3n) is 2.95. The summed E-state index contributed by atoms with van der Waals surface area (Å²) in [7, 11) is 0. The van der Waals surface area contributed by atoms with Crippen molar-refractivity contribution in [2.24, 2.45) is 0 Å². The molecule has 0 bridgehead atoms. The quantitative estimate of drug-likeness (QED) is 0.834. The van der Waals surface area contributed by atoms with Gasteiger partial charge in [-0.25, -0.2) is 4.39 Å². The number of halogens is 2. The van der Waals surface area contributed by atoms with E-state index in [1.54, 1.807) is 6.07 Å². The minimum atomic E-state index is -1.18. The Morgan fingerprint density at radius 2 is 2.33 bits per heavy atom. The predicted octanol–water partition coefficient (Wildman–Crippen LogP) is 2.08. The van der Waals surface area contributed by atoms with Gasteiger partial charge in [-0.3, -0.25) is 0 Å². The van der Waals surface area contributed by atoms with Crippen LogP contribution in [0.5, 0.6) is 0 Å². The zero-order valence-electron chi connectivity index (χ0n) is 9.60. The third-order valence-corrected chi connectivity index (χ3v) is 4.33. The van der Waals surface area contributed by atoms with Crippen molar-refractivity contribution in [1.82, 2.24) is 0 Å². The summed E-state index contributed by atoms with van der Waals surface area (Å²) in [6, 6.07) is 4.46. The van der Waals surface area contributed by atoms with E-state index in [0.717, 1.165) is 0 Å². The zero-order chi connectivity index (χ0) is 13.2. The summed E-state index contributed by atoms with van der Waals surface area (Å²) in [6.45, 7) is 0.595. The average molecular weight is 293 g/mol. The van der Waals surface area contributed by atoms with Crippen molar-refractivity contribution in [3.8, 4) is 0 Å². The molecule has 2 unspecified atom stereocenters. The lowest BCUT2D eigenvalue weighted by Crippen LogP contribution is -2.44. The van der Waals surface area contributed by atoms with Crippen LogP contribution in [0.3, 0.4) is 0 Å². The average Bonchev–Trinajstić information content (AvgIpc) is 2.79. The maximum absolute atomic E-state index is 13.2. The fraction of sp³-hybridized carbons (Fsp3) is 0.500. The molecule has 2 atom stereocenters. The van der Waals surface area contributed by atoms with E-state index in [1.165, 1.54) is 23.9 Å². The van der Waals surface area contributed by atoms with E-state index in [4.69, 9.17) is 16.3 Å². The van der Waals surface area contributed by atoms with E-state index in [1.807, 2.05) is 0 Å². The van der Waals surface area contributed by atoms with Gasteiger partial charge >= 0.3 is 0 Å². The monoisotopic (exact) mass is 292 g/mol. The Hall–Kier alpha value is -0.330. The van der Waals surface area contributed by atoms with Crippen molar-refractivity contribution >= 4 is 23.4 Å². The number of thioether (sulfide) groups is 1. The van der Waals surface area contributed by atoms with Gasteiger partial charge in [0.1, 0.15) is 11.4 Å². The van der Waals surface area contributed by atoms with Gasteiger partial charge in [0, 0.05) is 23.7 Å². The maximum atomic E-state index is 13.2. The number of hydrogen-bond donors (Lipinski definition) is 2. The Morgan fingerprint density at radius 3 is 2.94 bits per heavy atom. The molecule has 18 heavy (non-hydrogen) atoms. The number of hydrogen-bond acceptors (Lipinski definition) is 4. The van der Waals surface area contributed by atoms with Crippen LogP contribution in [0.2, 0.25) is 5.02 Å². The molecular formula is C12H14ClFO3S. The zero-order valence-corrected chi connectivity index (χ0v) is 11.2. The molecule has 1 fully saturated rings. The summed E-state index contributed by atoms with van der Waals surface area (Å²) in [4.78, 5) is 0.665. The Labute approximate surface area is 114 Å². The van der Waals surface area contributed by atoms with Crippen LogP contribution < -0.4 is 0 Å². The minimum Gasteiger partial charge on any atom is -0.389 e. The molecule has 2 N–H and O–H groups in total. The predicted molar refractivity (Wildman–Crippen MR) is 68.5 cm³/mol. The highest BCUT2D eigenvalue weighted by molar-refractivity contribution is 7.99. The molecular weight excluding hydrogens is 279 g/mol. The fourth-order valence-electron chi connectivity index (χ4n) is 1.73. The Morgan fingerprint density at radius 1 is 1.56 bits per heavy atom. The first-order chi connectivity index (χ1) is 8.51. The van der Waals surface area contributed by atoms with Gasteiger partial charge in [0.15, 0.2) is 0 Å². The highest BCUT2D eigenvalue weighted by Gasteiger charge is 2.39. The summed E-state index contributed by atoms with van der Waals surface area (Å²) in [5, 5.41) is 20.0. The minimum absolute atomic E-state index is 0.0720. The first-order valence-corrected chi connectivity index (χ1v) is 6.94. The first-order valence-electron chi connectivity index (χ1n) is 5.57. The lowest BCUT2D eigenvalue weighted by Gasteiger charge is -2.26. The number of rotatable bonds is 4. The van der Waals surface area contributed by atoms with E-state index in [2.05, 4.69) is 0 Å². The van der Waals surface area contributed by atoms with E-state index >= 15 is 0 Å². The van der Waals surface area contributed by atoms with Crippen LogP contribution in [0.4, 0.5) is 4.39 Å². The van der Waals surface area contributed by atoms with Crippen molar-refractivity contribution in [2.75, 3.05) is 19.0 Å². The topological polar surface area (TPSA) is 49.7 Å². The summed E-state index contributed by atoms with van der Waals surface area (Å²) in [5.41, 5.74) is -1.18. The normalized spacial score (nSPS) is 25.3. The third kappa shape index (κ3) is 3.16.